The number of fused-ring (bicyclic) bond motifs is 5. The highest BCUT2D eigenvalue weighted by atomic mass is 35.5. The lowest BCUT2D eigenvalue weighted by Crippen LogP contribution is -2.32. The highest BCUT2D eigenvalue weighted by Crippen LogP contribution is 2.56. The van der Waals surface area contributed by atoms with E-state index in [0.29, 0.717) is 33.9 Å². The fourth-order valence-corrected chi connectivity index (χ4v) is 5.35. The molecule has 1 aliphatic heterocycles. The SMILES string of the molecule is O=C(COc1ccc(N2C(=O)[C@@H]3[C@@H]4CC[C@H](C4)[C@@H]3C2=O)cc1)c1ccc(Cl)cc1. The maximum absolute atomic E-state index is 12.9. The maximum Gasteiger partial charge on any atom is 0.237 e. The van der Waals surface area contributed by atoms with Crippen molar-refractivity contribution in [1.82, 2.24) is 0 Å². The molecule has 5 nitrogen and oxygen atoms in total. The van der Waals surface area contributed by atoms with E-state index < -0.39 is 0 Å². The van der Waals surface area contributed by atoms with Gasteiger partial charge >= 0.3 is 0 Å². The molecule has 0 unspecified atom stereocenters. The van der Waals surface area contributed by atoms with Crippen LogP contribution in [0.3, 0.4) is 0 Å². The second kappa shape index (κ2) is 6.99. The van der Waals surface area contributed by atoms with Gasteiger partial charge in [0.15, 0.2) is 12.4 Å². The van der Waals surface area contributed by atoms with E-state index in [1.54, 1.807) is 48.5 Å². The van der Waals surface area contributed by atoms with E-state index in [1.165, 1.54) is 4.90 Å². The van der Waals surface area contributed by atoms with Crippen molar-refractivity contribution in [3.8, 4) is 5.75 Å². The Labute approximate surface area is 173 Å². The number of carbonyl (C=O) groups excluding carboxylic acids is 3. The Morgan fingerprint density at radius 3 is 2.10 bits per heavy atom. The molecule has 0 N–H and O–H groups in total. The Bertz CT molecular complexity index is 957. The standard InChI is InChI=1S/C23H20ClNO4/c24-16-5-3-13(4-6-16)19(26)12-29-18-9-7-17(8-10-18)25-22(27)20-14-1-2-15(11-14)21(20)23(25)28/h3-10,14-15,20-21H,1-2,11-12H2/t14-,15-,20-,21+/m1/s1. The Hall–Kier alpha value is -2.66. The van der Waals surface area contributed by atoms with E-state index in [9.17, 15) is 14.4 Å². The van der Waals surface area contributed by atoms with Crippen LogP contribution in [-0.4, -0.2) is 24.2 Å². The minimum absolute atomic E-state index is 0.0567. The van der Waals surface area contributed by atoms with Gasteiger partial charge in [0.2, 0.25) is 11.8 Å². The lowest BCUT2D eigenvalue weighted by molar-refractivity contribution is -0.123. The summed E-state index contributed by atoms with van der Waals surface area (Å²) < 4.78 is 5.57. The third-order valence-electron chi connectivity index (χ3n) is 6.56. The maximum atomic E-state index is 12.9. The van der Waals surface area contributed by atoms with Crippen molar-refractivity contribution in [1.29, 1.82) is 0 Å². The fourth-order valence-electron chi connectivity index (χ4n) is 5.22. The molecule has 6 heteroatoms. The Kier molecular flexibility index (Phi) is 4.43. The molecule has 4 atom stereocenters. The molecule has 0 aromatic heterocycles. The summed E-state index contributed by atoms with van der Waals surface area (Å²) in [4.78, 5) is 39.3. The van der Waals surface area contributed by atoms with E-state index in [2.05, 4.69) is 0 Å². The summed E-state index contributed by atoms with van der Waals surface area (Å²) in [6, 6.07) is 13.4. The van der Waals surface area contributed by atoms with Gasteiger partial charge in [0.1, 0.15) is 5.75 Å². The molecule has 2 amide bonds. The van der Waals surface area contributed by atoms with E-state index in [4.69, 9.17) is 16.3 Å². The summed E-state index contributed by atoms with van der Waals surface area (Å²) in [6.07, 6.45) is 3.15. The van der Waals surface area contributed by atoms with E-state index >= 15 is 0 Å². The van der Waals surface area contributed by atoms with Crippen molar-refractivity contribution in [2.75, 3.05) is 11.5 Å². The minimum Gasteiger partial charge on any atom is -0.485 e. The van der Waals surface area contributed by atoms with Gasteiger partial charge in [-0.3, -0.25) is 19.3 Å². The largest absolute Gasteiger partial charge is 0.485 e. The molecule has 5 rings (SSSR count). The van der Waals surface area contributed by atoms with Crippen LogP contribution >= 0.6 is 11.6 Å². The zero-order chi connectivity index (χ0) is 20.1. The molecule has 2 bridgehead atoms. The van der Waals surface area contributed by atoms with Crippen LogP contribution in [0.5, 0.6) is 5.75 Å². The average molecular weight is 410 g/mol. The van der Waals surface area contributed by atoms with Crippen molar-refractivity contribution in [2.24, 2.45) is 23.7 Å². The topological polar surface area (TPSA) is 63.7 Å². The quantitative estimate of drug-likeness (QED) is 0.550. The van der Waals surface area contributed by atoms with Crippen molar-refractivity contribution >= 4 is 34.9 Å². The third-order valence-corrected chi connectivity index (χ3v) is 6.81. The molecule has 2 aromatic rings. The number of halogens is 1. The smallest absolute Gasteiger partial charge is 0.237 e. The predicted octanol–water partition coefficient (Wildman–Crippen LogP) is 4.14. The van der Waals surface area contributed by atoms with Gasteiger partial charge in [-0.15, -0.1) is 0 Å². The summed E-state index contributed by atoms with van der Waals surface area (Å²) >= 11 is 5.83. The Morgan fingerprint density at radius 1 is 0.931 bits per heavy atom. The molecule has 1 saturated heterocycles. The van der Waals surface area contributed by atoms with Crippen LogP contribution in [0, 0.1) is 23.7 Å². The number of ether oxygens (including phenoxy) is 1. The van der Waals surface area contributed by atoms with Gasteiger partial charge in [0.05, 0.1) is 17.5 Å². The first-order valence-corrected chi connectivity index (χ1v) is 10.3. The van der Waals surface area contributed by atoms with E-state index in [-0.39, 0.29) is 36.0 Å². The fraction of sp³-hybridized carbons (Fsp3) is 0.348. The number of anilines is 1. The van der Waals surface area contributed by atoms with Gasteiger partial charge in [-0.05, 0) is 79.6 Å². The number of benzene rings is 2. The van der Waals surface area contributed by atoms with Crippen LogP contribution in [-0.2, 0) is 9.59 Å². The zero-order valence-electron chi connectivity index (χ0n) is 15.7. The number of imide groups is 1. The predicted molar refractivity (Wildman–Crippen MR) is 108 cm³/mol. The monoisotopic (exact) mass is 409 g/mol. The molecule has 0 radical (unpaired) electrons. The lowest BCUT2D eigenvalue weighted by Gasteiger charge is -2.19. The van der Waals surface area contributed by atoms with Gasteiger partial charge in [0, 0.05) is 10.6 Å². The second-order valence-electron chi connectivity index (χ2n) is 8.11. The zero-order valence-corrected chi connectivity index (χ0v) is 16.5. The molecule has 2 saturated carbocycles. The molecular formula is C23H20ClNO4. The molecule has 0 spiro atoms. The van der Waals surface area contributed by atoms with Gasteiger partial charge in [-0.1, -0.05) is 11.6 Å². The first-order chi connectivity index (χ1) is 14.0. The van der Waals surface area contributed by atoms with E-state index in [1.807, 2.05) is 0 Å². The average Bonchev–Trinajstić information content (AvgIpc) is 3.41. The number of rotatable bonds is 5. The van der Waals surface area contributed by atoms with Crippen LogP contribution < -0.4 is 9.64 Å². The second-order valence-corrected chi connectivity index (χ2v) is 8.55. The molecule has 2 aliphatic carbocycles. The van der Waals surface area contributed by atoms with Crippen LogP contribution in [0.2, 0.25) is 5.02 Å². The lowest BCUT2D eigenvalue weighted by atomic mass is 9.81. The number of ketones is 1. The highest BCUT2D eigenvalue weighted by molar-refractivity contribution is 6.30. The highest BCUT2D eigenvalue weighted by Gasteiger charge is 2.61. The molecule has 1 heterocycles. The normalized spacial score (nSPS) is 27.4. The van der Waals surface area contributed by atoms with Crippen molar-refractivity contribution in [3.63, 3.8) is 0 Å². The first-order valence-electron chi connectivity index (χ1n) is 9.92. The van der Waals surface area contributed by atoms with Crippen molar-refractivity contribution < 1.29 is 19.1 Å². The number of amides is 2. The molecule has 29 heavy (non-hydrogen) atoms. The van der Waals surface area contributed by atoms with Crippen LogP contribution in [0.4, 0.5) is 5.69 Å². The molecule has 3 aliphatic rings. The third kappa shape index (κ3) is 3.04. The summed E-state index contributed by atoms with van der Waals surface area (Å²) in [6.45, 7) is -0.101. The molecular weight excluding hydrogens is 390 g/mol. The van der Waals surface area contributed by atoms with Gasteiger partial charge < -0.3 is 4.74 Å². The number of carbonyl (C=O) groups is 3. The van der Waals surface area contributed by atoms with Crippen molar-refractivity contribution in [3.05, 3.63) is 59.1 Å². The van der Waals surface area contributed by atoms with Crippen LogP contribution in [0.25, 0.3) is 0 Å². The number of hydrogen-bond donors (Lipinski definition) is 0. The Balaban J connectivity index is 1.26. The summed E-state index contributed by atoms with van der Waals surface area (Å²) in [5.74, 6) is 0.719. The van der Waals surface area contributed by atoms with Gasteiger partial charge in [-0.25, -0.2) is 0 Å². The van der Waals surface area contributed by atoms with E-state index in [0.717, 1.165) is 19.3 Å². The Morgan fingerprint density at radius 2 is 1.52 bits per heavy atom. The number of nitrogens with zero attached hydrogens (tertiary/aromatic N) is 1. The molecule has 3 fully saturated rings. The number of Topliss-reactive ketones (excluding diaryl/α,β-unsaturated/α-hetero) is 1. The van der Waals surface area contributed by atoms with Gasteiger partial charge in [0.25, 0.3) is 0 Å². The summed E-state index contributed by atoms with van der Waals surface area (Å²) in [7, 11) is 0. The molecule has 2 aromatic carbocycles. The molecule has 148 valence electrons. The van der Waals surface area contributed by atoms with Crippen LogP contribution in [0.15, 0.2) is 48.5 Å². The summed E-state index contributed by atoms with van der Waals surface area (Å²) in [5.41, 5.74) is 1.10. The van der Waals surface area contributed by atoms with Crippen LogP contribution in [0.1, 0.15) is 29.6 Å². The number of hydrogen-bond acceptors (Lipinski definition) is 4. The van der Waals surface area contributed by atoms with Crippen molar-refractivity contribution in [2.45, 2.75) is 19.3 Å². The van der Waals surface area contributed by atoms with Gasteiger partial charge in [-0.2, -0.15) is 0 Å². The summed E-state index contributed by atoms with van der Waals surface area (Å²) in [5, 5.41) is 0.571. The first kappa shape index (κ1) is 18.4. The minimum atomic E-state index is -0.154.